The van der Waals surface area contributed by atoms with Crippen molar-refractivity contribution in [1.29, 1.82) is 0 Å². The van der Waals surface area contributed by atoms with Crippen molar-refractivity contribution in [3.05, 3.63) is 123 Å². The lowest BCUT2D eigenvalue weighted by Gasteiger charge is -2.41. The molecule has 2 aliphatic heterocycles. The summed E-state index contributed by atoms with van der Waals surface area (Å²) < 4.78 is 18.6. The van der Waals surface area contributed by atoms with Crippen molar-refractivity contribution < 1.29 is 19.0 Å². The number of nitrogens with one attached hydrogen (secondary N) is 1. The summed E-state index contributed by atoms with van der Waals surface area (Å²) in [6, 6.07) is 27.8. The Kier molecular flexibility index (Phi) is 11.5. The molecule has 0 aromatic heterocycles. The first-order valence-electron chi connectivity index (χ1n) is 16.0. The lowest BCUT2D eigenvalue weighted by atomic mass is 9.89. The van der Waals surface area contributed by atoms with Crippen molar-refractivity contribution in [3.63, 3.8) is 0 Å². The highest BCUT2D eigenvalue weighted by molar-refractivity contribution is 6.42. The fraction of sp³-hybridized carbons (Fsp3) is 0.342. The van der Waals surface area contributed by atoms with Gasteiger partial charge in [0, 0.05) is 19.6 Å². The standard InChI is InChI=1S/C35H34Cl2N2O4.C3H8/c1-3-30(23-7-5-4-6-8-23)39-19-26-18-33-32(17-25(26)16-31(39)35(40)38-2)42-21-34(43-33)24-10-12-27(13-11-24)41-20-22-9-14-28(36)29(37)15-22;1-3-2/h4-15,17-18,30-31,34H,3,16,19-21H2,1-2H3,(H,38,40);3H2,1-2H3. The van der Waals surface area contributed by atoms with Gasteiger partial charge >= 0.3 is 0 Å². The van der Waals surface area contributed by atoms with Gasteiger partial charge in [0.15, 0.2) is 17.6 Å². The van der Waals surface area contributed by atoms with Crippen LogP contribution in [-0.4, -0.2) is 30.5 Å². The number of carbonyl (C=O) groups is 1. The van der Waals surface area contributed by atoms with Crippen LogP contribution >= 0.6 is 23.2 Å². The molecular formula is C38H42Cl2N2O4. The minimum Gasteiger partial charge on any atom is -0.489 e. The zero-order valence-electron chi connectivity index (χ0n) is 26.9. The van der Waals surface area contributed by atoms with Gasteiger partial charge in [0.05, 0.1) is 16.1 Å². The lowest BCUT2D eigenvalue weighted by Crippen LogP contribution is -2.50. The summed E-state index contributed by atoms with van der Waals surface area (Å²) in [5.41, 5.74) is 5.43. The van der Waals surface area contributed by atoms with E-state index in [9.17, 15) is 4.79 Å². The van der Waals surface area contributed by atoms with Crippen LogP contribution in [0, 0.1) is 0 Å². The first-order chi connectivity index (χ1) is 22.3. The predicted molar refractivity (Wildman–Crippen MR) is 185 cm³/mol. The number of fused-ring (bicyclic) bond motifs is 2. The third-order valence-corrected chi connectivity index (χ3v) is 8.99. The molecule has 0 aliphatic carbocycles. The third kappa shape index (κ3) is 7.80. The summed E-state index contributed by atoms with van der Waals surface area (Å²) in [5.74, 6) is 2.21. The SMILES string of the molecule is CCC.CCC(c1ccccc1)N1Cc2cc3c(cc2CC1C(=O)NC)OCC(c1ccc(OCc2ccc(Cl)c(Cl)c2)cc1)O3. The second-order valence-electron chi connectivity index (χ2n) is 11.6. The Hall–Kier alpha value is -3.71. The maximum Gasteiger partial charge on any atom is 0.237 e. The number of ether oxygens (including phenoxy) is 3. The van der Waals surface area contributed by atoms with Gasteiger partial charge in [0.2, 0.25) is 5.91 Å². The van der Waals surface area contributed by atoms with Crippen molar-refractivity contribution in [2.45, 2.75) is 71.4 Å². The van der Waals surface area contributed by atoms with Gasteiger partial charge in [-0.05, 0) is 77.1 Å². The number of halogens is 2. The third-order valence-electron chi connectivity index (χ3n) is 8.25. The molecular weight excluding hydrogens is 619 g/mol. The Morgan fingerprint density at radius 2 is 1.65 bits per heavy atom. The van der Waals surface area contributed by atoms with Crippen LogP contribution in [0.5, 0.6) is 17.2 Å². The van der Waals surface area contributed by atoms with Crippen LogP contribution in [0.3, 0.4) is 0 Å². The molecule has 0 saturated heterocycles. The van der Waals surface area contributed by atoms with Gasteiger partial charge in [0.1, 0.15) is 19.0 Å². The fourth-order valence-electron chi connectivity index (χ4n) is 5.98. The average Bonchev–Trinajstić information content (AvgIpc) is 3.08. The molecule has 0 saturated carbocycles. The monoisotopic (exact) mass is 660 g/mol. The molecule has 2 heterocycles. The summed E-state index contributed by atoms with van der Waals surface area (Å²) in [4.78, 5) is 15.4. The maximum absolute atomic E-state index is 13.1. The number of benzene rings is 4. The zero-order chi connectivity index (χ0) is 32.6. The van der Waals surface area contributed by atoms with Crippen molar-refractivity contribution in [1.82, 2.24) is 10.2 Å². The summed E-state index contributed by atoms with van der Waals surface area (Å²) in [7, 11) is 1.71. The van der Waals surface area contributed by atoms with Crippen molar-refractivity contribution in [2.75, 3.05) is 13.7 Å². The summed E-state index contributed by atoms with van der Waals surface area (Å²) in [6.07, 6.45) is 2.51. The van der Waals surface area contributed by atoms with Gasteiger partial charge in [-0.25, -0.2) is 0 Å². The van der Waals surface area contributed by atoms with Gasteiger partial charge in [-0.2, -0.15) is 0 Å². The molecule has 46 heavy (non-hydrogen) atoms. The number of hydrogen-bond acceptors (Lipinski definition) is 5. The Morgan fingerprint density at radius 1 is 0.935 bits per heavy atom. The van der Waals surface area contributed by atoms with E-state index < -0.39 is 0 Å². The van der Waals surface area contributed by atoms with Crippen LogP contribution < -0.4 is 19.5 Å². The van der Waals surface area contributed by atoms with E-state index in [4.69, 9.17) is 37.4 Å². The molecule has 1 N–H and O–H groups in total. The molecule has 3 atom stereocenters. The van der Waals surface area contributed by atoms with Crippen LogP contribution in [0.15, 0.2) is 84.9 Å². The van der Waals surface area contributed by atoms with E-state index in [0.29, 0.717) is 36.2 Å². The molecule has 4 aromatic carbocycles. The smallest absolute Gasteiger partial charge is 0.237 e. The average molecular weight is 662 g/mol. The van der Waals surface area contributed by atoms with E-state index in [1.54, 1.807) is 13.1 Å². The highest BCUT2D eigenvalue weighted by Crippen LogP contribution is 2.42. The van der Waals surface area contributed by atoms with Gasteiger partial charge in [-0.1, -0.05) is 98.9 Å². The van der Waals surface area contributed by atoms with Crippen LogP contribution in [-0.2, 0) is 24.4 Å². The maximum atomic E-state index is 13.1. The van der Waals surface area contributed by atoms with Crippen LogP contribution in [0.2, 0.25) is 10.0 Å². The largest absolute Gasteiger partial charge is 0.489 e. The van der Waals surface area contributed by atoms with Crippen LogP contribution in [0.25, 0.3) is 0 Å². The van der Waals surface area contributed by atoms with E-state index in [1.807, 2.05) is 42.5 Å². The van der Waals surface area contributed by atoms with E-state index in [2.05, 4.69) is 67.4 Å². The van der Waals surface area contributed by atoms with E-state index in [-0.39, 0.29) is 24.1 Å². The molecule has 6 rings (SSSR count). The molecule has 242 valence electrons. The zero-order valence-corrected chi connectivity index (χ0v) is 28.4. The fourth-order valence-corrected chi connectivity index (χ4v) is 6.31. The van der Waals surface area contributed by atoms with Gasteiger partial charge in [-0.3, -0.25) is 9.69 Å². The van der Waals surface area contributed by atoms with Crippen molar-refractivity contribution >= 4 is 29.1 Å². The first kappa shape index (κ1) is 33.6. The first-order valence-corrected chi connectivity index (χ1v) is 16.7. The summed E-state index contributed by atoms with van der Waals surface area (Å²) in [5, 5.41) is 3.91. The minimum atomic E-state index is -0.268. The number of nitrogens with zero attached hydrogens (tertiary/aromatic N) is 1. The molecule has 0 radical (unpaired) electrons. The number of amides is 1. The van der Waals surface area contributed by atoms with Gasteiger partial charge in [-0.15, -0.1) is 0 Å². The number of likely N-dealkylation sites (N-methyl/N-ethyl adjacent to an activating group) is 1. The van der Waals surface area contributed by atoms with Gasteiger partial charge in [0.25, 0.3) is 0 Å². The molecule has 0 spiro atoms. The lowest BCUT2D eigenvalue weighted by molar-refractivity contribution is -0.127. The topological polar surface area (TPSA) is 60.0 Å². The molecule has 6 nitrogen and oxygen atoms in total. The number of carbonyl (C=O) groups excluding carboxylic acids is 1. The Bertz CT molecular complexity index is 1610. The molecule has 2 aliphatic rings. The highest BCUT2D eigenvalue weighted by atomic mass is 35.5. The number of hydrogen-bond donors (Lipinski definition) is 1. The molecule has 1 amide bonds. The van der Waals surface area contributed by atoms with Gasteiger partial charge < -0.3 is 19.5 Å². The van der Waals surface area contributed by atoms with E-state index in [1.165, 1.54) is 12.0 Å². The normalized spacial score (nSPS) is 17.6. The second kappa shape index (κ2) is 15.7. The minimum absolute atomic E-state index is 0.0272. The molecule has 0 fully saturated rings. The highest BCUT2D eigenvalue weighted by Gasteiger charge is 2.37. The number of rotatable bonds is 8. The second-order valence-corrected chi connectivity index (χ2v) is 12.5. The Morgan fingerprint density at radius 3 is 2.33 bits per heavy atom. The Labute approximate surface area is 282 Å². The predicted octanol–water partition coefficient (Wildman–Crippen LogP) is 9.13. The van der Waals surface area contributed by atoms with Crippen molar-refractivity contribution in [3.8, 4) is 17.2 Å². The Balaban J connectivity index is 0.00000134. The summed E-state index contributed by atoms with van der Waals surface area (Å²) >= 11 is 12.1. The molecule has 3 unspecified atom stereocenters. The van der Waals surface area contributed by atoms with Crippen LogP contribution in [0.4, 0.5) is 0 Å². The summed E-state index contributed by atoms with van der Waals surface area (Å²) in [6.45, 7) is 7.85. The van der Waals surface area contributed by atoms with Crippen molar-refractivity contribution in [2.24, 2.45) is 0 Å². The quantitative estimate of drug-likeness (QED) is 0.204. The van der Waals surface area contributed by atoms with E-state index in [0.717, 1.165) is 45.9 Å². The molecule has 8 heteroatoms. The molecule has 0 bridgehead atoms. The molecule has 4 aromatic rings. The van der Waals surface area contributed by atoms with E-state index >= 15 is 0 Å². The van der Waals surface area contributed by atoms with Crippen LogP contribution in [0.1, 0.15) is 73.6 Å².